The highest BCUT2D eigenvalue weighted by Gasteiger charge is 2.36. The molecule has 3 aliphatic rings. The molecule has 8 nitrogen and oxygen atoms in total. The first-order chi connectivity index (χ1) is 20.2. The number of nitrogens with zero attached hydrogens (tertiary/aromatic N) is 3. The van der Waals surface area contributed by atoms with Crippen molar-refractivity contribution in [3.63, 3.8) is 0 Å². The summed E-state index contributed by atoms with van der Waals surface area (Å²) >= 11 is 1.52. The van der Waals surface area contributed by atoms with Gasteiger partial charge in [-0.2, -0.15) is 0 Å². The first-order valence-corrected chi connectivity index (χ1v) is 17.7. The van der Waals surface area contributed by atoms with Crippen molar-refractivity contribution in [2.24, 2.45) is 11.8 Å². The van der Waals surface area contributed by atoms with E-state index in [1.807, 2.05) is 16.8 Å². The second kappa shape index (κ2) is 12.1. The molecule has 10 heteroatoms. The van der Waals surface area contributed by atoms with Crippen LogP contribution in [0.3, 0.4) is 0 Å². The van der Waals surface area contributed by atoms with Gasteiger partial charge in [0, 0.05) is 36.3 Å². The van der Waals surface area contributed by atoms with Crippen LogP contribution in [0.1, 0.15) is 92.6 Å². The Hall–Kier alpha value is -2.82. The number of nitrogens with one attached hydrogen (secondary N) is 1. The third-order valence-electron chi connectivity index (χ3n) is 8.87. The van der Waals surface area contributed by atoms with Gasteiger partial charge >= 0.3 is 0 Å². The number of thiazole rings is 1. The Labute approximate surface area is 252 Å². The minimum absolute atomic E-state index is 0.0692. The van der Waals surface area contributed by atoms with Crippen LogP contribution >= 0.6 is 11.3 Å². The number of sulfone groups is 1. The lowest BCUT2D eigenvalue weighted by Gasteiger charge is -2.27. The molecule has 0 saturated heterocycles. The molecule has 1 amide bonds. The number of fused-ring (bicyclic) bond motifs is 1. The van der Waals surface area contributed by atoms with Crippen molar-refractivity contribution >= 4 is 32.2 Å². The Morgan fingerprint density at radius 1 is 1.05 bits per heavy atom. The van der Waals surface area contributed by atoms with E-state index >= 15 is 0 Å². The van der Waals surface area contributed by atoms with Crippen LogP contribution in [0.25, 0.3) is 0 Å². The zero-order chi connectivity index (χ0) is 29.4. The zero-order valence-electron chi connectivity index (χ0n) is 24.4. The summed E-state index contributed by atoms with van der Waals surface area (Å²) in [4.78, 5) is 33.9. The van der Waals surface area contributed by atoms with Crippen LogP contribution in [0.5, 0.6) is 0 Å². The van der Waals surface area contributed by atoms with Crippen molar-refractivity contribution < 1.29 is 13.2 Å². The lowest BCUT2D eigenvalue weighted by Crippen LogP contribution is -2.27. The van der Waals surface area contributed by atoms with Crippen molar-refractivity contribution in [2.75, 3.05) is 11.1 Å². The molecule has 1 N–H and O–H groups in total. The van der Waals surface area contributed by atoms with Gasteiger partial charge in [0.15, 0.2) is 15.0 Å². The summed E-state index contributed by atoms with van der Waals surface area (Å²) in [5.41, 5.74) is 2.99. The topological polar surface area (TPSA) is 101 Å². The summed E-state index contributed by atoms with van der Waals surface area (Å²) in [5, 5.41) is 3.57. The van der Waals surface area contributed by atoms with Crippen molar-refractivity contribution in [1.82, 2.24) is 14.5 Å². The maximum absolute atomic E-state index is 12.9. The number of aromatic nitrogens is 2. The Bertz CT molecular complexity index is 1600. The highest BCUT2D eigenvalue weighted by molar-refractivity contribution is 7.91. The Morgan fingerprint density at radius 3 is 2.45 bits per heavy atom. The summed E-state index contributed by atoms with van der Waals surface area (Å²) in [6.07, 6.45) is 9.75. The first-order valence-electron chi connectivity index (χ1n) is 15.2. The fourth-order valence-electron chi connectivity index (χ4n) is 6.53. The zero-order valence-corrected chi connectivity index (χ0v) is 26.1. The molecule has 6 rings (SSSR count). The normalized spacial score (nSPS) is 19.5. The third kappa shape index (κ3) is 6.55. The number of pyridine rings is 1. The standard InChI is InChI=1S/C32H40N4O4S2/c1-21(2)31-30-27(20-35(31)18-24-9-14-29(38)36(19-24)25-10-11-25)41-32(34-30)33-28(37)17-23-7-12-26(13-8-23)42(39,40)16-15-22-5-3-4-6-22/h7-9,12-14,19,21-22,25,31H,3-6,10-11,15-18,20H2,1-2H3,(H,33,34,37)/t31-/m0/s1. The van der Waals surface area contributed by atoms with Crippen LogP contribution in [-0.4, -0.2) is 34.5 Å². The maximum atomic E-state index is 12.9. The van der Waals surface area contributed by atoms with Crippen LogP contribution in [-0.2, 0) is 34.1 Å². The molecule has 224 valence electrons. The highest BCUT2D eigenvalue weighted by atomic mass is 32.2. The van der Waals surface area contributed by atoms with Crippen molar-refractivity contribution in [3.05, 3.63) is 74.6 Å². The molecule has 3 heterocycles. The summed E-state index contributed by atoms with van der Waals surface area (Å²) in [6.45, 7) is 5.88. The third-order valence-corrected chi connectivity index (χ3v) is 11.6. The van der Waals surface area contributed by atoms with E-state index in [9.17, 15) is 18.0 Å². The SMILES string of the molecule is CC(C)[C@H]1c2nc(NC(=O)Cc3ccc(S(=O)(=O)CCC4CCCC4)cc3)sc2CN1Cc1ccc(=O)n(C2CC2)c1. The summed E-state index contributed by atoms with van der Waals surface area (Å²) < 4.78 is 27.4. The fourth-order valence-corrected chi connectivity index (χ4v) is 9.00. The Morgan fingerprint density at radius 2 is 1.76 bits per heavy atom. The Kier molecular flexibility index (Phi) is 8.40. The number of benzene rings is 1. The largest absolute Gasteiger partial charge is 0.312 e. The molecule has 2 saturated carbocycles. The summed E-state index contributed by atoms with van der Waals surface area (Å²) in [7, 11) is -3.31. The smallest absolute Gasteiger partial charge is 0.250 e. The van der Waals surface area contributed by atoms with Gasteiger partial charge < -0.3 is 9.88 Å². The molecule has 0 radical (unpaired) electrons. The summed E-state index contributed by atoms with van der Waals surface area (Å²) in [6, 6.07) is 10.8. The van der Waals surface area contributed by atoms with E-state index < -0.39 is 9.84 Å². The lowest BCUT2D eigenvalue weighted by atomic mass is 10.0. The van der Waals surface area contributed by atoms with Crippen LogP contribution in [0.2, 0.25) is 0 Å². The number of rotatable bonds is 11. The minimum Gasteiger partial charge on any atom is -0.312 e. The van der Waals surface area contributed by atoms with Crippen LogP contribution in [0, 0.1) is 11.8 Å². The molecular formula is C32H40N4O4S2. The molecule has 3 aromatic rings. The van der Waals surface area contributed by atoms with E-state index in [-0.39, 0.29) is 29.7 Å². The molecular weight excluding hydrogens is 569 g/mol. The summed E-state index contributed by atoms with van der Waals surface area (Å²) in [5.74, 6) is 0.886. The van der Waals surface area contributed by atoms with Crippen LogP contribution in [0.15, 0.2) is 52.3 Å². The van der Waals surface area contributed by atoms with Gasteiger partial charge in [-0.3, -0.25) is 14.5 Å². The van der Waals surface area contributed by atoms with Gasteiger partial charge in [0.25, 0.3) is 5.56 Å². The van der Waals surface area contributed by atoms with Gasteiger partial charge in [0.2, 0.25) is 5.91 Å². The van der Waals surface area contributed by atoms with Crippen LogP contribution < -0.4 is 10.9 Å². The fraction of sp³-hybridized carbons (Fsp3) is 0.531. The second-order valence-electron chi connectivity index (χ2n) is 12.6. The number of hydrogen-bond donors (Lipinski definition) is 1. The lowest BCUT2D eigenvalue weighted by molar-refractivity contribution is -0.115. The molecule has 2 fully saturated rings. The molecule has 0 unspecified atom stereocenters. The van der Waals surface area contributed by atoms with E-state index in [1.165, 1.54) is 24.2 Å². The Balaban J connectivity index is 1.06. The molecule has 0 bridgehead atoms. The van der Waals surface area contributed by atoms with Gasteiger partial charge in [0.1, 0.15) is 0 Å². The number of carbonyl (C=O) groups is 1. The van der Waals surface area contributed by atoms with Crippen molar-refractivity contribution in [1.29, 1.82) is 0 Å². The predicted molar refractivity (Wildman–Crippen MR) is 165 cm³/mol. The molecule has 0 spiro atoms. The molecule has 1 aromatic carbocycles. The monoisotopic (exact) mass is 608 g/mol. The van der Waals surface area contributed by atoms with E-state index in [1.54, 1.807) is 30.3 Å². The number of amides is 1. The molecule has 42 heavy (non-hydrogen) atoms. The molecule has 1 atom stereocenters. The highest BCUT2D eigenvalue weighted by Crippen LogP contribution is 2.43. The molecule has 2 aromatic heterocycles. The predicted octanol–water partition coefficient (Wildman–Crippen LogP) is 5.89. The van der Waals surface area contributed by atoms with E-state index in [4.69, 9.17) is 4.98 Å². The number of hydrogen-bond acceptors (Lipinski definition) is 7. The van der Waals surface area contributed by atoms with Gasteiger partial charge in [-0.25, -0.2) is 13.4 Å². The molecule has 2 aliphatic carbocycles. The van der Waals surface area contributed by atoms with Gasteiger partial charge in [-0.15, -0.1) is 11.3 Å². The van der Waals surface area contributed by atoms with Crippen LogP contribution in [0.4, 0.5) is 5.13 Å². The average Bonchev–Trinajstić information content (AvgIpc) is 3.35. The first kappa shape index (κ1) is 29.3. The van der Waals surface area contributed by atoms with Gasteiger partial charge in [0.05, 0.1) is 28.8 Å². The number of anilines is 1. The minimum atomic E-state index is -3.31. The van der Waals surface area contributed by atoms with E-state index in [0.717, 1.165) is 66.9 Å². The molecule has 1 aliphatic heterocycles. The average molecular weight is 609 g/mol. The quantitative estimate of drug-likeness (QED) is 0.291. The second-order valence-corrected chi connectivity index (χ2v) is 15.8. The van der Waals surface area contributed by atoms with Gasteiger partial charge in [-0.1, -0.05) is 57.7 Å². The van der Waals surface area contributed by atoms with Crippen molar-refractivity contribution in [2.45, 2.75) is 95.3 Å². The number of carbonyl (C=O) groups excluding carboxylic acids is 1. The van der Waals surface area contributed by atoms with Crippen molar-refractivity contribution in [3.8, 4) is 0 Å². The van der Waals surface area contributed by atoms with E-state index in [0.29, 0.717) is 27.9 Å². The van der Waals surface area contributed by atoms with Gasteiger partial charge in [-0.05, 0) is 54.4 Å². The van der Waals surface area contributed by atoms with E-state index in [2.05, 4.69) is 24.1 Å². The maximum Gasteiger partial charge on any atom is 0.250 e.